The number of nitrogens with one attached hydrogen (secondary N) is 1. The highest BCUT2D eigenvalue weighted by Gasteiger charge is 2.28. The molecular formula is C12H20N4O. The van der Waals surface area contributed by atoms with Crippen molar-refractivity contribution in [1.82, 2.24) is 9.97 Å². The van der Waals surface area contributed by atoms with E-state index < -0.39 is 0 Å². The second-order valence-corrected chi connectivity index (χ2v) is 4.82. The fourth-order valence-corrected chi connectivity index (χ4v) is 1.99. The molecule has 5 nitrogen and oxygen atoms in total. The topological polar surface area (TPSA) is 50.3 Å². The lowest BCUT2D eigenvalue weighted by molar-refractivity contribution is -0.0279. The Morgan fingerprint density at radius 3 is 3.00 bits per heavy atom. The van der Waals surface area contributed by atoms with Gasteiger partial charge < -0.3 is 15.0 Å². The van der Waals surface area contributed by atoms with Gasteiger partial charge in [-0.1, -0.05) is 0 Å². The van der Waals surface area contributed by atoms with E-state index in [1.165, 1.54) is 0 Å². The van der Waals surface area contributed by atoms with E-state index in [0.29, 0.717) is 0 Å². The van der Waals surface area contributed by atoms with Crippen LogP contribution in [0.2, 0.25) is 0 Å². The molecule has 1 aromatic rings. The van der Waals surface area contributed by atoms with Gasteiger partial charge in [-0.15, -0.1) is 0 Å². The van der Waals surface area contributed by atoms with Crippen molar-refractivity contribution >= 4 is 11.6 Å². The Kier molecular flexibility index (Phi) is 3.47. The summed E-state index contributed by atoms with van der Waals surface area (Å²) < 4.78 is 5.69. The zero-order chi connectivity index (χ0) is 12.3. The minimum Gasteiger partial charge on any atom is -0.372 e. The summed E-state index contributed by atoms with van der Waals surface area (Å²) in [6, 6.07) is 0. The number of hydrogen-bond donors (Lipinski definition) is 1. The van der Waals surface area contributed by atoms with E-state index >= 15 is 0 Å². The first-order valence-electron chi connectivity index (χ1n) is 6.05. The molecule has 1 aliphatic rings. The average Bonchev–Trinajstić information content (AvgIpc) is 2.28. The van der Waals surface area contributed by atoms with Crippen molar-refractivity contribution in [1.29, 1.82) is 0 Å². The minimum atomic E-state index is -0.117. The molecule has 0 saturated carbocycles. The second-order valence-electron chi connectivity index (χ2n) is 4.82. The number of morpholine rings is 1. The van der Waals surface area contributed by atoms with Crippen molar-refractivity contribution in [3.05, 3.63) is 12.4 Å². The van der Waals surface area contributed by atoms with Crippen molar-refractivity contribution in [2.45, 2.75) is 26.4 Å². The largest absolute Gasteiger partial charge is 0.372 e. The molecule has 1 saturated heterocycles. The molecular weight excluding hydrogens is 216 g/mol. The Morgan fingerprint density at radius 2 is 2.29 bits per heavy atom. The summed E-state index contributed by atoms with van der Waals surface area (Å²) in [5.74, 6) is 1.74. The number of rotatable bonds is 3. The van der Waals surface area contributed by atoms with Crippen LogP contribution in [0.3, 0.4) is 0 Å². The molecule has 1 N–H and O–H groups in total. The highest BCUT2D eigenvalue weighted by atomic mass is 16.5. The normalized spacial score (nSPS) is 19.1. The summed E-state index contributed by atoms with van der Waals surface area (Å²) >= 11 is 0. The molecule has 5 heteroatoms. The van der Waals surface area contributed by atoms with E-state index in [2.05, 4.69) is 34.0 Å². The molecule has 94 valence electrons. The van der Waals surface area contributed by atoms with Gasteiger partial charge in [-0.2, -0.15) is 0 Å². The molecule has 0 radical (unpaired) electrons. The highest BCUT2D eigenvalue weighted by molar-refractivity contribution is 5.44. The van der Waals surface area contributed by atoms with E-state index in [0.717, 1.165) is 37.9 Å². The van der Waals surface area contributed by atoms with Gasteiger partial charge in [0.25, 0.3) is 0 Å². The molecule has 0 unspecified atom stereocenters. The molecule has 1 aliphatic heterocycles. The highest BCUT2D eigenvalue weighted by Crippen LogP contribution is 2.21. The number of anilines is 2. The third-order valence-corrected chi connectivity index (χ3v) is 2.73. The third kappa shape index (κ3) is 3.06. The summed E-state index contributed by atoms with van der Waals surface area (Å²) in [6.45, 7) is 9.55. The van der Waals surface area contributed by atoms with Crippen LogP contribution >= 0.6 is 0 Å². The maximum Gasteiger partial charge on any atom is 0.149 e. The van der Waals surface area contributed by atoms with Crippen LogP contribution in [-0.4, -0.2) is 41.8 Å². The first-order chi connectivity index (χ1) is 8.11. The Labute approximate surface area is 102 Å². The molecule has 2 heterocycles. The van der Waals surface area contributed by atoms with E-state index in [9.17, 15) is 0 Å². The lowest BCUT2D eigenvalue weighted by atomic mass is 10.1. The Bertz CT molecular complexity index is 381. The average molecular weight is 236 g/mol. The molecule has 0 aliphatic carbocycles. The first-order valence-corrected chi connectivity index (χ1v) is 6.05. The predicted molar refractivity (Wildman–Crippen MR) is 68.4 cm³/mol. The predicted octanol–water partition coefficient (Wildman–Crippen LogP) is 1.52. The van der Waals surface area contributed by atoms with Crippen molar-refractivity contribution < 1.29 is 4.74 Å². The molecule has 0 amide bonds. The van der Waals surface area contributed by atoms with Crippen LogP contribution in [0, 0.1) is 0 Å². The van der Waals surface area contributed by atoms with Crippen LogP contribution in [0.4, 0.5) is 11.6 Å². The molecule has 1 fully saturated rings. The summed E-state index contributed by atoms with van der Waals surface area (Å²) in [7, 11) is 0. The van der Waals surface area contributed by atoms with Crippen molar-refractivity contribution in [2.24, 2.45) is 0 Å². The number of hydrogen-bond acceptors (Lipinski definition) is 5. The molecule has 0 spiro atoms. The third-order valence-electron chi connectivity index (χ3n) is 2.73. The number of ether oxygens (including phenoxy) is 1. The summed E-state index contributed by atoms with van der Waals surface area (Å²) in [4.78, 5) is 11.0. The summed E-state index contributed by atoms with van der Waals surface area (Å²) in [5.41, 5.74) is -0.117. The van der Waals surface area contributed by atoms with Crippen LogP contribution in [-0.2, 0) is 4.74 Å². The lowest BCUT2D eigenvalue weighted by Gasteiger charge is -2.38. The standard InChI is InChI=1S/C12H20N4O/c1-4-14-10-7-13-8-11(15-10)16-5-6-17-12(2,3)9-16/h7-8H,4-6,9H2,1-3H3,(H,14,15). The molecule has 17 heavy (non-hydrogen) atoms. The zero-order valence-corrected chi connectivity index (χ0v) is 10.7. The first kappa shape index (κ1) is 12.1. The number of aromatic nitrogens is 2. The quantitative estimate of drug-likeness (QED) is 0.862. The van der Waals surface area contributed by atoms with Gasteiger partial charge in [0.05, 0.1) is 24.6 Å². The molecule has 0 atom stereocenters. The number of nitrogens with zero attached hydrogens (tertiary/aromatic N) is 3. The minimum absolute atomic E-state index is 0.117. The maximum atomic E-state index is 5.69. The van der Waals surface area contributed by atoms with E-state index in [4.69, 9.17) is 4.74 Å². The van der Waals surface area contributed by atoms with Gasteiger partial charge in [-0.05, 0) is 20.8 Å². The van der Waals surface area contributed by atoms with Gasteiger partial charge in [-0.3, -0.25) is 4.98 Å². The second kappa shape index (κ2) is 4.87. The SMILES string of the molecule is CCNc1cncc(N2CCOC(C)(C)C2)n1. The van der Waals surface area contributed by atoms with Gasteiger partial charge in [0, 0.05) is 19.6 Å². The van der Waals surface area contributed by atoms with Crippen molar-refractivity contribution in [3.63, 3.8) is 0 Å². The molecule has 1 aromatic heterocycles. The molecule has 0 bridgehead atoms. The van der Waals surface area contributed by atoms with Gasteiger partial charge in [0.1, 0.15) is 11.6 Å². The fourth-order valence-electron chi connectivity index (χ4n) is 1.99. The summed E-state index contributed by atoms with van der Waals surface area (Å²) in [5, 5.41) is 3.18. The molecule has 2 rings (SSSR count). The summed E-state index contributed by atoms with van der Waals surface area (Å²) in [6.07, 6.45) is 3.56. The van der Waals surface area contributed by atoms with E-state index in [-0.39, 0.29) is 5.60 Å². The van der Waals surface area contributed by atoms with E-state index in [1.807, 2.05) is 13.1 Å². The van der Waals surface area contributed by atoms with Crippen molar-refractivity contribution in [3.8, 4) is 0 Å². The smallest absolute Gasteiger partial charge is 0.149 e. The van der Waals surface area contributed by atoms with E-state index in [1.54, 1.807) is 6.20 Å². The Morgan fingerprint density at radius 1 is 1.47 bits per heavy atom. The monoisotopic (exact) mass is 236 g/mol. The van der Waals surface area contributed by atoms with Gasteiger partial charge in [-0.25, -0.2) is 4.98 Å². The maximum absolute atomic E-state index is 5.69. The van der Waals surface area contributed by atoms with Crippen LogP contribution in [0.5, 0.6) is 0 Å². The van der Waals surface area contributed by atoms with Crippen LogP contribution < -0.4 is 10.2 Å². The van der Waals surface area contributed by atoms with Crippen molar-refractivity contribution in [2.75, 3.05) is 36.5 Å². The van der Waals surface area contributed by atoms with Crippen LogP contribution in [0.1, 0.15) is 20.8 Å². The lowest BCUT2D eigenvalue weighted by Crippen LogP contribution is -2.48. The van der Waals surface area contributed by atoms with Crippen LogP contribution in [0.25, 0.3) is 0 Å². The Hall–Kier alpha value is -1.36. The molecule has 0 aromatic carbocycles. The van der Waals surface area contributed by atoms with Gasteiger partial charge in [0.2, 0.25) is 0 Å². The fraction of sp³-hybridized carbons (Fsp3) is 0.667. The Balaban J connectivity index is 2.13. The van der Waals surface area contributed by atoms with Crippen LogP contribution in [0.15, 0.2) is 12.4 Å². The zero-order valence-electron chi connectivity index (χ0n) is 10.7. The van der Waals surface area contributed by atoms with Gasteiger partial charge >= 0.3 is 0 Å². The van der Waals surface area contributed by atoms with Gasteiger partial charge in [0.15, 0.2) is 0 Å².